The molecule has 0 amide bonds. The molecule has 3 heteroatoms. The molecular weight excluding hydrogens is 251 g/mol. The second-order valence-electron chi connectivity index (χ2n) is 3.83. The van der Waals surface area contributed by atoms with Gasteiger partial charge >= 0.3 is 0 Å². The van der Waals surface area contributed by atoms with Gasteiger partial charge in [-0.3, -0.25) is 0 Å². The van der Waals surface area contributed by atoms with Gasteiger partial charge in [-0.15, -0.1) is 0 Å². The Morgan fingerprint density at radius 3 is 2.55 bits per heavy atom. The van der Waals surface area contributed by atoms with Crippen LogP contribution in [0.25, 0.3) is 0 Å². The lowest BCUT2D eigenvalue weighted by Gasteiger charge is -2.30. The summed E-state index contributed by atoms with van der Waals surface area (Å²) in [7, 11) is 2.05. The highest BCUT2D eigenvalue weighted by atomic mass is 127. The Hall–Kier alpha value is 0.650. The van der Waals surface area contributed by atoms with Crippen LogP contribution in [-0.4, -0.2) is 28.8 Å². The van der Waals surface area contributed by atoms with Gasteiger partial charge in [0.1, 0.15) is 0 Å². The molecule has 0 aromatic heterocycles. The van der Waals surface area contributed by atoms with E-state index in [0.29, 0.717) is 5.54 Å². The van der Waals surface area contributed by atoms with Crippen LogP contribution in [0.3, 0.4) is 0 Å². The summed E-state index contributed by atoms with van der Waals surface area (Å²) in [6.07, 6.45) is 1.33. The highest BCUT2D eigenvalue weighted by Crippen LogP contribution is 2.28. The fourth-order valence-electron chi connectivity index (χ4n) is 1.51. The molecule has 0 saturated carbocycles. The summed E-state index contributed by atoms with van der Waals surface area (Å²) in [5.74, 6) is 0.810. The van der Waals surface area contributed by atoms with E-state index in [1.165, 1.54) is 19.5 Å². The first-order valence-corrected chi connectivity index (χ1v) is 5.12. The van der Waals surface area contributed by atoms with Gasteiger partial charge in [0.15, 0.2) is 0 Å². The third kappa shape index (κ3) is 2.29. The maximum absolute atomic E-state index is 3.37. The predicted octanol–water partition coefficient (Wildman–Crippen LogP) is 1.66. The van der Waals surface area contributed by atoms with Gasteiger partial charge in [-0.1, -0.05) is 0 Å². The molecule has 1 fully saturated rings. The summed E-state index contributed by atoms with van der Waals surface area (Å²) in [6.45, 7) is 7.05. The molecule has 1 aliphatic rings. The molecule has 1 atom stereocenters. The molecule has 0 bridgehead atoms. The van der Waals surface area contributed by atoms with Crippen LogP contribution < -0.4 is 5.32 Å². The van der Waals surface area contributed by atoms with Crippen molar-refractivity contribution in [2.24, 2.45) is 5.92 Å². The van der Waals surface area contributed by atoms with Crippen LogP contribution in [0.4, 0.5) is 0 Å². The molecule has 66 valence electrons. The molecule has 1 unspecified atom stereocenters. The van der Waals surface area contributed by atoms with Crippen molar-refractivity contribution in [1.29, 1.82) is 0 Å². The summed E-state index contributed by atoms with van der Waals surface area (Å²) < 4.78 is 2.38. The smallest absolute Gasteiger partial charge is 0.0201 e. The SMILES string of the molecule is CNC(C)(C)C1CCN(I)C1. The van der Waals surface area contributed by atoms with Crippen molar-refractivity contribution in [3.63, 3.8) is 0 Å². The van der Waals surface area contributed by atoms with Gasteiger partial charge in [-0.05, 0) is 33.2 Å². The van der Waals surface area contributed by atoms with Crippen molar-refractivity contribution in [2.45, 2.75) is 25.8 Å². The largest absolute Gasteiger partial charge is 0.314 e. The Morgan fingerprint density at radius 1 is 1.55 bits per heavy atom. The topological polar surface area (TPSA) is 15.3 Å². The van der Waals surface area contributed by atoms with Crippen molar-refractivity contribution >= 4 is 22.9 Å². The normalized spacial score (nSPS) is 27.8. The van der Waals surface area contributed by atoms with Gasteiger partial charge in [0, 0.05) is 41.5 Å². The van der Waals surface area contributed by atoms with Crippen LogP contribution in [-0.2, 0) is 0 Å². The van der Waals surface area contributed by atoms with E-state index in [4.69, 9.17) is 0 Å². The Kier molecular flexibility index (Phi) is 3.17. The molecule has 1 N–H and O–H groups in total. The summed E-state index contributed by atoms with van der Waals surface area (Å²) in [4.78, 5) is 0. The summed E-state index contributed by atoms with van der Waals surface area (Å²) in [6, 6.07) is 0. The van der Waals surface area contributed by atoms with E-state index in [1.54, 1.807) is 0 Å². The molecule has 11 heavy (non-hydrogen) atoms. The maximum Gasteiger partial charge on any atom is 0.0201 e. The predicted molar refractivity (Wildman–Crippen MR) is 56.8 cm³/mol. The fraction of sp³-hybridized carbons (Fsp3) is 1.00. The monoisotopic (exact) mass is 268 g/mol. The van der Waals surface area contributed by atoms with Gasteiger partial charge < -0.3 is 5.32 Å². The maximum atomic E-state index is 3.37. The van der Waals surface area contributed by atoms with E-state index in [9.17, 15) is 0 Å². The quantitative estimate of drug-likeness (QED) is 0.605. The number of hydrogen-bond donors (Lipinski definition) is 1. The molecule has 0 aromatic rings. The summed E-state index contributed by atoms with van der Waals surface area (Å²) in [5.41, 5.74) is 0.305. The first-order chi connectivity index (χ1) is 5.06. The molecule has 1 aliphatic heterocycles. The molecule has 0 aliphatic carbocycles. The van der Waals surface area contributed by atoms with Crippen molar-refractivity contribution < 1.29 is 0 Å². The van der Waals surface area contributed by atoms with Crippen molar-refractivity contribution in [2.75, 3.05) is 20.1 Å². The van der Waals surface area contributed by atoms with E-state index < -0.39 is 0 Å². The van der Waals surface area contributed by atoms with Crippen molar-refractivity contribution in [1.82, 2.24) is 8.43 Å². The zero-order valence-corrected chi connectivity index (χ0v) is 9.68. The zero-order valence-electron chi connectivity index (χ0n) is 7.52. The van der Waals surface area contributed by atoms with E-state index >= 15 is 0 Å². The zero-order chi connectivity index (χ0) is 8.48. The van der Waals surface area contributed by atoms with Crippen LogP contribution in [0.1, 0.15) is 20.3 Å². The Labute approximate surface area is 83.2 Å². The third-order valence-corrected chi connectivity index (χ3v) is 3.68. The lowest BCUT2D eigenvalue weighted by molar-refractivity contribution is 0.283. The van der Waals surface area contributed by atoms with Crippen LogP contribution in [0.15, 0.2) is 0 Å². The average molecular weight is 268 g/mol. The second-order valence-corrected chi connectivity index (χ2v) is 5.19. The van der Waals surface area contributed by atoms with Crippen LogP contribution in [0.2, 0.25) is 0 Å². The molecule has 1 saturated heterocycles. The number of hydrogen-bond acceptors (Lipinski definition) is 2. The third-order valence-electron chi connectivity index (χ3n) is 2.80. The van der Waals surface area contributed by atoms with E-state index in [0.717, 1.165) is 5.92 Å². The van der Waals surface area contributed by atoms with E-state index in [-0.39, 0.29) is 0 Å². The summed E-state index contributed by atoms with van der Waals surface area (Å²) >= 11 is 2.41. The number of nitrogens with zero attached hydrogens (tertiary/aromatic N) is 1. The first kappa shape index (κ1) is 9.74. The number of nitrogens with one attached hydrogen (secondary N) is 1. The van der Waals surface area contributed by atoms with Gasteiger partial charge in [0.25, 0.3) is 0 Å². The van der Waals surface area contributed by atoms with Crippen molar-refractivity contribution in [3.8, 4) is 0 Å². The Morgan fingerprint density at radius 2 is 2.18 bits per heavy atom. The average Bonchev–Trinajstić information content (AvgIpc) is 2.36. The standard InChI is InChI=1S/C8H17IN2/c1-8(2,10-3)7-4-5-11(9)6-7/h7,10H,4-6H2,1-3H3. The summed E-state index contributed by atoms with van der Waals surface area (Å²) in [5, 5.41) is 3.37. The van der Waals surface area contributed by atoms with E-state index in [2.05, 4.69) is 52.2 Å². The van der Waals surface area contributed by atoms with Crippen molar-refractivity contribution in [3.05, 3.63) is 0 Å². The fourth-order valence-corrected chi connectivity index (χ4v) is 2.26. The van der Waals surface area contributed by atoms with Crippen LogP contribution in [0.5, 0.6) is 0 Å². The molecule has 1 heterocycles. The number of rotatable bonds is 2. The van der Waals surface area contributed by atoms with Crippen LogP contribution >= 0.6 is 22.9 Å². The Bertz CT molecular complexity index is 136. The van der Waals surface area contributed by atoms with Gasteiger partial charge in [-0.25, -0.2) is 3.11 Å². The van der Waals surface area contributed by atoms with Gasteiger partial charge in [-0.2, -0.15) is 0 Å². The lowest BCUT2D eigenvalue weighted by atomic mass is 9.87. The minimum Gasteiger partial charge on any atom is -0.314 e. The molecule has 0 spiro atoms. The lowest BCUT2D eigenvalue weighted by Crippen LogP contribution is -2.44. The van der Waals surface area contributed by atoms with Gasteiger partial charge in [0.05, 0.1) is 0 Å². The molecular formula is C8H17IN2. The molecule has 0 radical (unpaired) electrons. The number of halogens is 1. The molecule has 0 aromatic carbocycles. The highest BCUT2D eigenvalue weighted by molar-refractivity contribution is 14.1. The second kappa shape index (κ2) is 3.58. The minimum atomic E-state index is 0.305. The van der Waals surface area contributed by atoms with Gasteiger partial charge in [0.2, 0.25) is 0 Å². The highest BCUT2D eigenvalue weighted by Gasteiger charge is 2.32. The van der Waals surface area contributed by atoms with Crippen LogP contribution in [0, 0.1) is 5.92 Å². The Balaban J connectivity index is 2.48. The first-order valence-electron chi connectivity index (χ1n) is 4.16. The molecule has 1 rings (SSSR count). The molecule has 2 nitrogen and oxygen atoms in total. The minimum absolute atomic E-state index is 0.305. The van der Waals surface area contributed by atoms with E-state index in [1.807, 2.05) is 0 Å².